The minimum atomic E-state index is 0.188. The Bertz CT molecular complexity index is 1970. The van der Waals surface area contributed by atoms with Crippen LogP contribution in [0.25, 0.3) is 44.8 Å². The van der Waals surface area contributed by atoms with E-state index in [0.29, 0.717) is 0 Å². The van der Waals surface area contributed by atoms with Crippen molar-refractivity contribution in [1.29, 1.82) is 0 Å². The average molecular weight is 632 g/mol. The summed E-state index contributed by atoms with van der Waals surface area (Å²) in [6, 6.07) is 43.4. The molecule has 0 aliphatic rings. The van der Waals surface area contributed by atoms with Crippen LogP contribution in [-0.4, -0.2) is 4.98 Å². The Labute approximate surface area is 289 Å². The molecule has 6 rings (SSSR count). The number of pyridine rings is 2. The van der Waals surface area contributed by atoms with E-state index in [2.05, 4.69) is 193 Å². The average Bonchev–Trinajstić information content (AvgIpc) is 3.06. The molecule has 244 valence electrons. The van der Waals surface area contributed by atoms with E-state index < -0.39 is 0 Å². The van der Waals surface area contributed by atoms with Crippen LogP contribution in [0.15, 0.2) is 134 Å². The van der Waals surface area contributed by atoms with Crippen LogP contribution in [0.5, 0.6) is 0 Å². The quantitative estimate of drug-likeness (QED) is 0.173. The lowest BCUT2D eigenvalue weighted by atomic mass is 9.85. The number of hydrogen-bond donors (Lipinski definition) is 0. The third-order valence-corrected chi connectivity index (χ3v) is 8.89. The van der Waals surface area contributed by atoms with Crippen LogP contribution >= 0.6 is 0 Å². The molecule has 4 aromatic carbocycles. The first-order valence-corrected chi connectivity index (χ1v) is 17.1. The fourth-order valence-corrected chi connectivity index (χ4v) is 6.03. The highest BCUT2D eigenvalue weighted by Crippen LogP contribution is 2.30. The topological polar surface area (TPSA) is 16.8 Å². The summed E-state index contributed by atoms with van der Waals surface area (Å²) in [6.45, 7) is 18.0. The van der Waals surface area contributed by atoms with Gasteiger partial charge in [-0.2, -0.15) is 0 Å². The monoisotopic (exact) mass is 631 g/mol. The molecular formula is C46H51N2+. The summed E-state index contributed by atoms with van der Waals surface area (Å²) in [5, 5.41) is 0. The third kappa shape index (κ3) is 8.75. The molecule has 2 heteroatoms. The molecule has 2 nitrogen and oxygen atoms in total. The van der Waals surface area contributed by atoms with E-state index >= 15 is 0 Å². The van der Waals surface area contributed by atoms with Gasteiger partial charge in [-0.1, -0.05) is 133 Å². The molecular weight excluding hydrogens is 581 g/mol. The lowest BCUT2D eigenvalue weighted by molar-refractivity contribution is -0.660. The Hall–Kier alpha value is -4.82. The Morgan fingerprint density at radius 3 is 1.85 bits per heavy atom. The second-order valence-electron chi connectivity index (χ2n) is 15.2. The number of rotatable bonds is 5. The van der Waals surface area contributed by atoms with Gasteiger partial charge in [-0.05, 0) is 93.8 Å². The van der Waals surface area contributed by atoms with Gasteiger partial charge in [0, 0.05) is 29.5 Å². The van der Waals surface area contributed by atoms with Gasteiger partial charge in [-0.3, -0.25) is 4.98 Å². The van der Waals surface area contributed by atoms with Crippen molar-refractivity contribution in [2.45, 2.75) is 67.2 Å². The van der Waals surface area contributed by atoms with Crippen LogP contribution in [0.2, 0.25) is 0 Å². The first kappa shape index (κ1) is 34.5. The summed E-state index contributed by atoms with van der Waals surface area (Å²) in [5.41, 5.74) is 15.6. The molecule has 0 unspecified atom stereocenters. The Balaban J connectivity index is 0.000000188. The van der Waals surface area contributed by atoms with Gasteiger partial charge in [-0.15, -0.1) is 0 Å². The molecule has 0 bridgehead atoms. The SMILES string of the molecule is Cc1ccc(-c2ccnc(-c3ccccc3)c2)cc1CC(C)(C)C.Cc1ccccc1-c1cc(-c2ccc(C(C)(C)C)cc2)cc[n+]1C. The first-order valence-electron chi connectivity index (χ1n) is 17.1. The molecule has 0 aliphatic carbocycles. The Morgan fingerprint density at radius 2 is 1.19 bits per heavy atom. The predicted molar refractivity (Wildman–Crippen MR) is 205 cm³/mol. The van der Waals surface area contributed by atoms with Crippen molar-refractivity contribution in [3.05, 3.63) is 156 Å². The van der Waals surface area contributed by atoms with Gasteiger partial charge in [0.25, 0.3) is 0 Å². The van der Waals surface area contributed by atoms with E-state index in [-0.39, 0.29) is 10.8 Å². The van der Waals surface area contributed by atoms with E-state index in [1.54, 1.807) is 0 Å². The van der Waals surface area contributed by atoms with Crippen LogP contribution in [0.3, 0.4) is 0 Å². The third-order valence-electron chi connectivity index (χ3n) is 8.89. The molecule has 0 radical (unpaired) electrons. The number of nitrogens with zero attached hydrogens (tertiary/aromatic N) is 2. The molecule has 0 saturated carbocycles. The van der Waals surface area contributed by atoms with Crippen LogP contribution in [-0.2, 0) is 18.9 Å². The molecule has 0 amide bonds. The minimum absolute atomic E-state index is 0.188. The van der Waals surface area contributed by atoms with Crippen LogP contribution in [0.1, 0.15) is 63.8 Å². The highest BCUT2D eigenvalue weighted by atomic mass is 14.9. The van der Waals surface area contributed by atoms with Crippen molar-refractivity contribution >= 4 is 0 Å². The predicted octanol–water partition coefficient (Wildman–Crippen LogP) is 11.8. The van der Waals surface area contributed by atoms with Gasteiger partial charge < -0.3 is 0 Å². The zero-order valence-corrected chi connectivity index (χ0v) is 30.3. The Kier molecular flexibility index (Phi) is 10.4. The Morgan fingerprint density at radius 1 is 0.562 bits per heavy atom. The highest BCUT2D eigenvalue weighted by Gasteiger charge is 2.16. The maximum atomic E-state index is 4.53. The normalized spacial score (nSPS) is 11.5. The van der Waals surface area contributed by atoms with Crippen molar-refractivity contribution in [1.82, 2.24) is 4.98 Å². The maximum absolute atomic E-state index is 4.53. The smallest absolute Gasteiger partial charge is 0.213 e. The fraction of sp³-hybridized carbons (Fsp3) is 0.261. The summed E-state index contributed by atoms with van der Waals surface area (Å²) in [6.07, 6.45) is 5.14. The van der Waals surface area contributed by atoms with Crippen LogP contribution < -0.4 is 4.57 Å². The van der Waals surface area contributed by atoms with Crippen LogP contribution in [0, 0.1) is 19.3 Å². The molecule has 0 spiro atoms. The second kappa shape index (κ2) is 14.5. The van der Waals surface area contributed by atoms with Gasteiger partial charge >= 0.3 is 0 Å². The second-order valence-corrected chi connectivity index (χ2v) is 15.2. The number of hydrogen-bond acceptors (Lipinski definition) is 1. The largest absolute Gasteiger partial charge is 0.256 e. The van der Waals surface area contributed by atoms with E-state index in [1.165, 1.54) is 55.8 Å². The summed E-state index contributed by atoms with van der Waals surface area (Å²) in [4.78, 5) is 4.53. The number of benzene rings is 4. The minimum Gasteiger partial charge on any atom is -0.256 e. The molecule has 2 heterocycles. The summed E-state index contributed by atoms with van der Waals surface area (Å²) < 4.78 is 2.19. The fourth-order valence-electron chi connectivity index (χ4n) is 6.03. The van der Waals surface area contributed by atoms with Gasteiger partial charge in [0.15, 0.2) is 6.20 Å². The summed E-state index contributed by atoms with van der Waals surface area (Å²) >= 11 is 0. The zero-order valence-electron chi connectivity index (χ0n) is 30.3. The molecule has 2 aromatic heterocycles. The van der Waals surface area contributed by atoms with E-state index in [0.717, 1.165) is 17.7 Å². The zero-order chi connectivity index (χ0) is 34.5. The van der Waals surface area contributed by atoms with Gasteiger partial charge in [0.1, 0.15) is 7.05 Å². The summed E-state index contributed by atoms with van der Waals surface area (Å²) in [7, 11) is 2.11. The number of aryl methyl sites for hydroxylation is 3. The molecule has 6 aromatic rings. The first-order chi connectivity index (χ1) is 22.8. The van der Waals surface area contributed by atoms with Crippen molar-refractivity contribution < 1.29 is 4.57 Å². The van der Waals surface area contributed by atoms with E-state index in [9.17, 15) is 0 Å². The molecule has 0 saturated heterocycles. The molecule has 48 heavy (non-hydrogen) atoms. The van der Waals surface area contributed by atoms with Crippen molar-refractivity contribution in [3.8, 4) is 44.8 Å². The van der Waals surface area contributed by atoms with Gasteiger partial charge in [0.2, 0.25) is 5.69 Å². The van der Waals surface area contributed by atoms with Gasteiger partial charge in [-0.25, -0.2) is 4.57 Å². The van der Waals surface area contributed by atoms with Crippen molar-refractivity contribution in [3.63, 3.8) is 0 Å². The van der Waals surface area contributed by atoms with E-state index in [1.807, 2.05) is 12.3 Å². The molecule has 0 aliphatic heterocycles. The number of aromatic nitrogens is 2. The van der Waals surface area contributed by atoms with Crippen molar-refractivity contribution in [2.75, 3.05) is 0 Å². The van der Waals surface area contributed by atoms with Gasteiger partial charge in [0.05, 0.1) is 5.69 Å². The molecule has 0 fully saturated rings. The summed E-state index contributed by atoms with van der Waals surface area (Å²) in [5.74, 6) is 0. The molecule has 0 atom stereocenters. The van der Waals surface area contributed by atoms with Crippen LogP contribution in [0.4, 0.5) is 0 Å². The lowest BCUT2D eigenvalue weighted by Crippen LogP contribution is -2.30. The lowest BCUT2D eigenvalue weighted by Gasteiger charge is -2.20. The highest BCUT2D eigenvalue weighted by molar-refractivity contribution is 5.72. The molecule has 0 N–H and O–H groups in total. The maximum Gasteiger partial charge on any atom is 0.213 e. The standard InChI is InChI=1S/C23H26N.C23H25N/c1-17-8-6-7-9-21(17)22-16-19(14-15-24(22)5)18-10-12-20(13-11-18)23(2,3)4;1-17-10-11-19(14-21(17)16-23(2,3)4)20-12-13-24-22(15-20)18-8-6-5-7-9-18/h6-16H,1-5H3;5-15H,16H2,1-4H3/q+1;. The van der Waals surface area contributed by atoms with E-state index in [4.69, 9.17) is 0 Å². The van der Waals surface area contributed by atoms with Crippen molar-refractivity contribution in [2.24, 2.45) is 12.5 Å².